The van der Waals surface area contributed by atoms with Crippen LogP contribution in [0.3, 0.4) is 0 Å². The highest BCUT2D eigenvalue weighted by Gasteiger charge is 2.17. The molecule has 1 aliphatic rings. The van der Waals surface area contributed by atoms with Crippen molar-refractivity contribution in [2.75, 3.05) is 20.1 Å². The predicted molar refractivity (Wildman–Crippen MR) is 90.3 cm³/mol. The highest BCUT2D eigenvalue weighted by atomic mass is 15.1. The average molecular weight is 283 g/mol. The molecule has 1 atom stereocenters. The van der Waals surface area contributed by atoms with E-state index in [0.29, 0.717) is 6.04 Å². The number of nitrogens with one attached hydrogen (secondary N) is 1. The molecule has 120 valence electrons. The van der Waals surface area contributed by atoms with E-state index in [-0.39, 0.29) is 0 Å². The zero-order valence-electron chi connectivity index (χ0n) is 14.3. The summed E-state index contributed by atoms with van der Waals surface area (Å²) in [6.45, 7) is 7.08. The van der Waals surface area contributed by atoms with E-state index in [0.717, 1.165) is 6.04 Å². The van der Waals surface area contributed by atoms with Gasteiger partial charge in [-0.15, -0.1) is 0 Å². The number of unbranched alkanes of at least 4 members (excludes halogenated alkanes) is 3. The molecule has 2 heteroatoms. The number of hydrogen-bond donors (Lipinski definition) is 1. The van der Waals surface area contributed by atoms with Crippen molar-refractivity contribution in [2.45, 2.75) is 96.6 Å². The zero-order chi connectivity index (χ0) is 14.6. The molecular formula is C18H38N2. The monoisotopic (exact) mass is 282 g/mol. The summed E-state index contributed by atoms with van der Waals surface area (Å²) < 4.78 is 0. The molecule has 0 radical (unpaired) electrons. The molecule has 1 saturated carbocycles. The third-order valence-electron chi connectivity index (χ3n) is 4.87. The first-order valence-corrected chi connectivity index (χ1v) is 9.17. The molecule has 0 aromatic rings. The van der Waals surface area contributed by atoms with Crippen molar-refractivity contribution in [3.8, 4) is 0 Å². The molecule has 1 aliphatic carbocycles. The lowest BCUT2D eigenvalue weighted by molar-refractivity contribution is 0.189. The smallest absolute Gasteiger partial charge is 0.00922 e. The van der Waals surface area contributed by atoms with Gasteiger partial charge in [0.05, 0.1) is 0 Å². The molecule has 0 amide bonds. The quantitative estimate of drug-likeness (QED) is 0.558. The van der Waals surface area contributed by atoms with Gasteiger partial charge in [-0.1, -0.05) is 51.9 Å². The summed E-state index contributed by atoms with van der Waals surface area (Å²) in [7, 11) is 2.32. The van der Waals surface area contributed by atoms with Gasteiger partial charge in [0.1, 0.15) is 0 Å². The van der Waals surface area contributed by atoms with Gasteiger partial charge in [-0.3, -0.25) is 0 Å². The van der Waals surface area contributed by atoms with Crippen molar-refractivity contribution in [2.24, 2.45) is 0 Å². The maximum absolute atomic E-state index is 3.69. The van der Waals surface area contributed by atoms with Gasteiger partial charge in [0.15, 0.2) is 0 Å². The molecule has 1 rings (SSSR count). The summed E-state index contributed by atoms with van der Waals surface area (Å²) in [6.07, 6.45) is 15.4. The second-order valence-electron chi connectivity index (χ2n) is 6.83. The Morgan fingerprint density at radius 3 is 2.50 bits per heavy atom. The fraction of sp³-hybridized carbons (Fsp3) is 1.00. The van der Waals surface area contributed by atoms with E-state index in [1.165, 1.54) is 83.7 Å². The van der Waals surface area contributed by atoms with Crippen LogP contribution in [-0.4, -0.2) is 37.1 Å². The minimum Gasteiger partial charge on any atom is -0.314 e. The largest absolute Gasteiger partial charge is 0.314 e. The van der Waals surface area contributed by atoms with Crippen molar-refractivity contribution in [3.63, 3.8) is 0 Å². The number of hydrogen-bond acceptors (Lipinski definition) is 2. The van der Waals surface area contributed by atoms with Gasteiger partial charge in [0.25, 0.3) is 0 Å². The van der Waals surface area contributed by atoms with E-state index < -0.39 is 0 Å². The molecular weight excluding hydrogens is 244 g/mol. The maximum Gasteiger partial charge on any atom is 0.00922 e. The lowest BCUT2D eigenvalue weighted by Gasteiger charge is -2.31. The molecule has 0 spiro atoms. The molecule has 1 fully saturated rings. The van der Waals surface area contributed by atoms with E-state index in [9.17, 15) is 0 Å². The highest BCUT2D eigenvalue weighted by Crippen LogP contribution is 2.21. The summed E-state index contributed by atoms with van der Waals surface area (Å²) in [5, 5.41) is 3.69. The number of nitrogens with zero attached hydrogens (tertiary/aromatic N) is 1. The molecule has 0 heterocycles. The third-order valence-corrected chi connectivity index (χ3v) is 4.87. The van der Waals surface area contributed by atoms with E-state index in [1.54, 1.807) is 0 Å². The Hall–Kier alpha value is -0.0800. The van der Waals surface area contributed by atoms with E-state index in [4.69, 9.17) is 0 Å². The summed E-state index contributed by atoms with van der Waals surface area (Å²) in [4.78, 5) is 2.60. The Balaban J connectivity index is 1.94. The van der Waals surface area contributed by atoms with Crippen molar-refractivity contribution in [1.29, 1.82) is 0 Å². The third kappa shape index (κ3) is 8.26. The SMILES string of the molecule is CCCCCCC(C)NCCCN(C)C1CCCCC1. The Bertz CT molecular complexity index is 211. The van der Waals surface area contributed by atoms with Gasteiger partial charge in [-0.2, -0.15) is 0 Å². The number of rotatable bonds is 11. The maximum atomic E-state index is 3.69. The second-order valence-corrected chi connectivity index (χ2v) is 6.83. The Morgan fingerprint density at radius 1 is 1.05 bits per heavy atom. The first-order valence-electron chi connectivity index (χ1n) is 9.17. The summed E-state index contributed by atoms with van der Waals surface area (Å²) >= 11 is 0. The molecule has 0 saturated heterocycles. The summed E-state index contributed by atoms with van der Waals surface area (Å²) in [6, 6.07) is 1.57. The molecule has 1 unspecified atom stereocenters. The van der Waals surface area contributed by atoms with E-state index in [1.807, 2.05) is 0 Å². The van der Waals surface area contributed by atoms with Crippen molar-refractivity contribution in [3.05, 3.63) is 0 Å². The van der Waals surface area contributed by atoms with Crippen LogP contribution in [0.15, 0.2) is 0 Å². The Labute approximate surface area is 127 Å². The van der Waals surface area contributed by atoms with Crippen molar-refractivity contribution < 1.29 is 0 Å². The van der Waals surface area contributed by atoms with Crippen LogP contribution in [0.2, 0.25) is 0 Å². The van der Waals surface area contributed by atoms with Crippen molar-refractivity contribution >= 4 is 0 Å². The fourth-order valence-electron chi connectivity index (χ4n) is 3.36. The first kappa shape index (κ1) is 18.0. The van der Waals surface area contributed by atoms with E-state index >= 15 is 0 Å². The van der Waals surface area contributed by atoms with Crippen LogP contribution in [0.4, 0.5) is 0 Å². The lowest BCUT2D eigenvalue weighted by Crippen LogP contribution is -2.36. The van der Waals surface area contributed by atoms with Gasteiger partial charge < -0.3 is 10.2 Å². The zero-order valence-corrected chi connectivity index (χ0v) is 14.3. The lowest BCUT2D eigenvalue weighted by atomic mass is 9.94. The summed E-state index contributed by atoms with van der Waals surface area (Å²) in [5.41, 5.74) is 0. The molecule has 1 N–H and O–H groups in total. The molecule has 0 aliphatic heterocycles. The summed E-state index contributed by atoms with van der Waals surface area (Å²) in [5.74, 6) is 0. The fourth-order valence-corrected chi connectivity index (χ4v) is 3.36. The normalized spacial score (nSPS) is 18.6. The van der Waals surface area contributed by atoms with Crippen LogP contribution in [-0.2, 0) is 0 Å². The standard InChI is InChI=1S/C18H38N2/c1-4-5-6-8-12-17(2)19-15-11-16-20(3)18-13-9-7-10-14-18/h17-19H,4-16H2,1-3H3. The van der Waals surface area contributed by atoms with Crippen LogP contribution < -0.4 is 5.32 Å². The highest BCUT2D eigenvalue weighted by molar-refractivity contribution is 4.73. The second kappa shape index (κ2) is 11.6. The van der Waals surface area contributed by atoms with Gasteiger partial charge in [0, 0.05) is 12.1 Å². The minimum atomic E-state index is 0.701. The average Bonchev–Trinajstić information content (AvgIpc) is 2.49. The molecule has 0 aromatic heterocycles. The van der Waals surface area contributed by atoms with Gasteiger partial charge in [0.2, 0.25) is 0 Å². The molecule has 0 bridgehead atoms. The first-order chi connectivity index (χ1) is 9.74. The molecule has 20 heavy (non-hydrogen) atoms. The minimum absolute atomic E-state index is 0.701. The predicted octanol–water partition coefficient (Wildman–Crippen LogP) is 4.59. The molecule has 0 aromatic carbocycles. The van der Waals surface area contributed by atoms with Crippen molar-refractivity contribution in [1.82, 2.24) is 10.2 Å². The van der Waals surface area contributed by atoms with Gasteiger partial charge >= 0.3 is 0 Å². The Kier molecular flexibility index (Phi) is 10.4. The Morgan fingerprint density at radius 2 is 1.80 bits per heavy atom. The van der Waals surface area contributed by atoms with Crippen LogP contribution in [0, 0.1) is 0 Å². The topological polar surface area (TPSA) is 15.3 Å². The van der Waals surface area contributed by atoms with Crippen LogP contribution >= 0.6 is 0 Å². The van der Waals surface area contributed by atoms with Crippen LogP contribution in [0.25, 0.3) is 0 Å². The van der Waals surface area contributed by atoms with E-state index in [2.05, 4.69) is 31.1 Å². The van der Waals surface area contributed by atoms with Crippen LogP contribution in [0.5, 0.6) is 0 Å². The molecule has 2 nitrogen and oxygen atoms in total. The van der Waals surface area contributed by atoms with Gasteiger partial charge in [-0.25, -0.2) is 0 Å². The van der Waals surface area contributed by atoms with Gasteiger partial charge in [-0.05, 0) is 52.7 Å². The van der Waals surface area contributed by atoms with Crippen LogP contribution in [0.1, 0.15) is 84.5 Å².